The molecule has 0 aliphatic heterocycles. The van der Waals surface area contributed by atoms with E-state index in [1.807, 2.05) is 0 Å². The van der Waals surface area contributed by atoms with Gasteiger partial charge in [0.1, 0.15) is 23.1 Å². The van der Waals surface area contributed by atoms with Crippen LogP contribution in [0.25, 0.3) is 22.5 Å². The first-order chi connectivity index (χ1) is 24.2. The van der Waals surface area contributed by atoms with E-state index in [0.717, 1.165) is 18.2 Å². The number of halogens is 2. The van der Waals surface area contributed by atoms with Gasteiger partial charge in [-0.3, -0.25) is 19.8 Å². The first-order valence-corrected chi connectivity index (χ1v) is 14.4. The topological polar surface area (TPSA) is 264 Å². The van der Waals surface area contributed by atoms with E-state index in [1.54, 1.807) is 12.4 Å². The summed E-state index contributed by atoms with van der Waals surface area (Å²) in [6.45, 7) is -0.356. The molecule has 0 aliphatic rings. The molecule has 0 saturated heterocycles. The number of carboxylic acid groups (broad SMARTS) is 1. The van der Waals surface area contributed by atoms with Crippen LogP contribution in [0.4, 0.5) is 20.2 Å². The fraction of sp³-hybridized carbons (Fsp3) is 0.0625. The number of hydrogen-bond acceptors (Lipinski definition) is 13. The number of carbonyl (C=O) groups excluding carboxylic acids is 4. The van der Waals surface area contributed by atoms with Crippen LogP contribution in [0.1, 0.15) is 42.5 Å². The molecule has 17 nitrogen and oxygen atoms in total. The molecule has 2 aromatic carbocycles. The van der Waals surface area contributed by atoms with Gasteiger partial charge < -0.3 is 35.5 Å². The fourth-order valence-electron chi connectivity index (χ4n) is 4.57. The Kier molecular flexibility index (Phi) is 14.4. The number of amides is 2. The van der Waals surface area contributed by atoms with Gasteiger partial charge in [0.2, 0.25) is 0 Å². The third kappa shape index (κ3) is 9.63. The zero-order chi connectivity index (χ0) is 35.2. The van der Waals surface area contributed by atoms with E-state index in [-0.39, 0.29) is 90.1 Å². The van der Waals surface area contributed by atoms with Crippen molar-refractivity contribution in [3.8, 4) is 28.3 Å². The molecule has 0 saturated carbocycles. The van der Waals surface area contributed by atoms with E-state index in [0.29, 0.717) is 28.6 Å². The molecule has 4 aromatic heterocycles. The van der Waals surface area contributed by atoms with Crippen molar-refractivity contribution in [2.75, 3.05) is 17.2 Å². The summed E-state index contributed by atoms with van der Waals surface area (Å²) in [6, 6.07) is 9.35. The molecule has 0 radical (unpaired) electrons. The summed E-state index contributed by atoms with van der Waals surface area (Å²) in [5.74, 6) is -5.71. The number of benzene rings is 2. The van der Waals surface area contributed by atoms with E-state index in [9.17, 15) is 33.1 Å². The van der Waals surface area contributed by atoms with Crippen molar-refractivity contribution in [2.45, 2.75) is 6.42 Å². The first-order valence-electron chi connectivity index (χ1n) is 14.4. The molecular weight excluding hydrogens is 688 g/mol. The average Bonchev–Trinajstić information content (AvgIpc) is 3.86. The maximum absolute atomic E-state index is 14.9. The van der Waals surface area contributed by atoms with Gasteiger partial charge in [-0.15, -0.1) is 32.0 Å². The predicted molar refractivity (Wildman–Crippen MR) is 168 cm³/mol. The number of hydrogen-bond donors (Lipinski definition) is 4. The maximum atomic E-state index is 14.9. The Bertz CT molecular complexity index is 2210. The van der Waals surface area contributed by atoms with Crippen LogP contribution in [-0.2, 0) is 11.2 Å². The number of aromatic amines is 2. The van der Waals surface area contributed by atoms with Crippen molar-refractivity contribution in [2.24, 2.45) is 0 Å². The Morgan fingerprint density at radius 2 is 1.34 bits per heavy atom. The van der Waals surface area contributed by atoms with Gasteiger partial charge in [-0.2, -0.15) is 10.2 Å². The van der Waals surface area contributed by atoms with Crippen molar-refractivity contribution >= 4 is 35.4 Å². The van der Waals surface area contributed by atoms with Crippen molar-refractivity contribution in [3.63, 3.8) is 0 Å². The molecule has 21 heteroatoms. The van der Waals surface area contributed by atoms with Crippen LogP contribution in [0, 0.1) is 11.6 Å². The Morgan fingerprint density at radius 3 is 1.81 bits per heavy atom. The number of anilines is 2. The second-order valence-corrected chi connectivity index (χ2v) is 10.3. The van der Waals surface area contributed by atoms with Crippen molar-refractivity contribution in [1.82, 2.24) is 40.8 Å². The number of H-pyrrole nitrogens is 2. The summed E-state index contributed by atoms with van der Waals surface area (Å²) < 4.78 is 35.2. The number of nitrogens with zero attached hydrogens (tertiary/aromatic N) is 6. The molecule has 0 spiro atoms. The van der Waals surface area contributed by atoms with Crippen molar-refractivity contribution in [3.05, 3.63) is 113 Å². The second kappa shape index (κ2) is 18.4. The Morgan fingerprint density at radius 1 is 0.774 bits per heavy atom. The monoisotopic (exact) mass is 709 g/mol. The van der Waals surface area contributed by atoms with Crippen LogP contribution in [-0.4, -0.2) is 76.9 Å². The molecule has 0 unspecified atom stereocenters. The van der Waals surface area contributed by atoms with Gasteiger partial charge in [-0.1, -0.05) is 11.8 Å². The minimum Gasteiger partial charge on any atom is -0.870 e. The minimum atomic E-state index is -1.76. The average molecular weight is 709 g/mol. The standard InChI is InChI=1S/C32H21F2N10O6.2Li.H2O/c33-21-9-20(32(48)49)28(40-31(47)26-4-2-24(42-44-26)19-13-37-38-14-19)8-16(21)5-6-50-29-10-27(17(15-45)7-22(29)34)39-30(46)25-3-1-23(41-43-25)18-11-35-36-12-18;;;/h1-4,7-14H,5-6H2,(H,35,36)(H,37,38)(H,39,46)(H,40,47)(H,48,49);;;1H2/q-1;2*+1;/p-2. The number of carbonyl (C=O) groups is 3. The summed E-state index contributed by atoms with van der Waals surface area (Å²) in [4.78, 5) is 48.9. The molecule has 6 rings (SSSR count). The van der Waals surface area contributed by atoms with E-state index in [1.165, 1.54) is 42.9 Å². The molecule has 5 N–H and O–H groups in total. The normalized spacial score (nSPS) is 10.2. The Hall–Kier alpha value is -6.09. The molecule has 0 aliphatic carbocycles. The second-order valence-electron chi connectivity index (χ2n) is 10.3. The van der Waals surface area contributed by atoms with Crippen molar-refractivity contribution in [1.29, 1.82) is 0 Å². The van der Waals surface area contributed by atoms with Crippen LogP contribution in [0.3, 0.4) is 0 Å². The zero-order valence-corrected chi connectivity index (χ0v) is 27.7. The maximum Gasteiger partial charge on any atom is 1.00 e. The number of nitrogens with one attached hydrogen (secondary N) is 4. The van der Waals surface area contributed by atoms with E-state index in [2.05, 4.69) is 51.4 Å². The third-order valence-corrected chi connectivity index (χ3v) is 7.10. The fourth-order valence-corrected chi connectivity index (χ4v) is 4.57. The van der Waals surface area contributed by atoms with Gasteiger partial charge in [0.15, 0.2) is 5.69 Å². The molecule has 2 amide bonds. The molecular formula is C32H21F2Li2N10O7-. The van der Waals surface area contributed by atoms with Gasteiger partial charge in [0.25, 0.3) is 11.8 Å². The van der Waals surface area contributed by atoms with Gasteiger partial charge in [-0.05, 0) is 42.0 Å². The van der Waals surface area contributed by atoms with Gasteiger partial charge in [0.05, 0.1) is 48.3 Å². The van der Waals surface area contributed by atoms with Gasteiger partial charge in [0, 0.05) is 35.5 Å². The number of aromatic nitrogens is 8. The molecule has 4 heterocycles. The number of aromatic carboxylic acids is 1. The van der Waals surface area contributed by atoms with Crippen LogP contribution in [0.5, 0.6) is 5.75 Å². The van der Waals surface area contributed by atoms with Crippen LogP contribution >= 0.6 is 0 Å². The number of rotatable bonds is 12. The van der Waals surface area contributed by atoms with Gasteiger partial charge in [-0.25, -0.2) is 8.78 Å². The summed E-state index contributed by atoms with van der Waals surface area (Å²) in [5.41, 5.74) is 0.334. The predicted octanol–water partition coefficient (Wildman–Crippen LogP) is -3.90. The van der Waals surface area contributed by atoms with E-state index in [4.69, 9.17) is 4.74 Å². The largest absolute Gasteiger partial charge is 1.00 e. The van der Waals surface area contributed by atoms with Crippen LogP contribution in [0.2, 0.25) is 0 Å². The molecule has 0 fully saturated rings. The third-order valence-electron chi connectivity index (χ3n) is 7.10. The molecule has 258 valence electrons. The SMILES string of the molecule is O=[C-]c1cc(F)c(OCCc2cc(NC(=O)c3ccc(-c4cn[nH]c4)nn3)c(C(=O)[O-])cc2F)cc1NC(=O)c1ccc(-c2cn[nH]c2)nn1.[Li+].[Li+].[OH-]. The van der Waals surface area contributed by atoms with Crippen LogP contribution in [0.15, 0.2) is 73.3 Å². The number of carboxylic acids is 1. The molecule has 53 heavy (non-hydrogen) atoms. The molecule has 0 bridgehead atoms. The summed E-state index contributed by atoms with van der Waals surface area (Å²) >= 11 is 0. The Labute approximate surface area is 321 Å². The summed E-state index contributed by atoms with van der Waals surface area (Å²) in [5, 5.41) is 45.1. The summed E-state index contributed by atoms with van der Waals surface area (Å²) in [7, 11) is 0. The molecule has 6 aromatic rings. The number of ether oxygens (including phenoxy) is 1. The first kappa shape index (κ1) is 41.3. The Balaban J connectivity index is 0.00000252. The van der Waals surface area contributed by atoms with Crippen molar-refractivity contribution < 1.29 is 81.0 Å². The zero-order valence-electron chi connectivity index (χ0n) is 27.7. The smallest absolute Gasteiger partial charge is 0.870 e. The van der Waals surface area contributed by atoms with E-state index < -0.39 is 40.7 Å². The van der Waals surface area contributed by atoms with Crippen LogP contribution < -0.4 is 58.2 Å². The van der Waals surface area contributed by atoms with E-state index >= 15 is 0 Å². The minimum absolute atomic E-state index is 0. The quantitative estimate of drug-likeness (QED) is 0.0701. The van der Waals surface area contributed by atoms with Gasteiger partial charge >= 0.3 is 37.7 Å². The molecule has 0 atom stereocenters. The summed E-state index contributed by atoms with van der Waals surface area (Å²) in [6.07, 6.45) is 7.49.